The summed E-state index contributed by atoms with van der Waals surface area (Å²) in [6.07, 6.45) is 1.59. The highest BCUT2D eigenvalue weighted by Gasteiger charge is 2.36. The summed E-state index contributed by atoms with van der Waals surface area (Å²) >= 11 is 2.17. The Bertz CT molecular complexity index is 968. The maximum atomic E-state index is 12.3. The second kappa shape index (κ2) is 7.64. The lowest BCUT2D eigenvalue weighted by molar-refractivity contribution is -0.127. The largest absolute Gasteiger partial charge is 0.507 e. The highest BCUT2D eigenvalue weighted by atomic mass is 32.2. The van der Waals surface area contributed by atoms with Crippen molar-refractivity contribution in [2.75, 3.05) is 11.9 Å². The summed E-state index contributed by atoms with van der Waals surface area (Å²) in [5, 5.41) is 22.1. The molecule has 10 heteroatoms. The minimum atomic E-state index is -1.35. The van der Waals surface area contributed by atoms with Crippen LogP contribution in [0.1, 0.15) is 15.2 Å². The normalized spacial score (nSPS) is 15.4. The number of hydrogen-bond donors (Lipinski definition) is 3. The van der Waals surface area contributed by atoms with E-state index in [-0.39, 0.29) is 16.2 Å². The number of benzene rings is 1. The number of thiophene rings is 1. The molecule has 0 atom stereocenters. The zero-order chi connectivity index (χ0) is 19.6. The zero-order valence-electron chi connectivity index (χ0n) is 13.5. The number of phenols is 1. The van der Waals surface area contributed by atoms with Crippen LogP contribution in [0.5, 0.6) is 5.75 Å². The Morgan fingerprint density at radius 3 is 2.67 bits per heavy atom. The molecule has 0 spiro atoms. The van der Waals surface area contributed by atoms with Crippen molar-refractivity contribution in [3.8, 4) is 5.75 Å². The lowest BCUT2D eigenvalue weighted by atomic mass is 10.2. The molecule has 1 aromatic heterocycles. The van der Waals surface area contributed by atoms with E-state index in [1.165, 1.54) is 17.4 Å². The maximum Gasteiger partial charge on any atom is 0.339 e. The fourth-order valence-corrected chi connectivity index (χ4v) is 3.83. The van der Waals surface area contributed by atoms with E-state index < -0.39 is 35.3 Å². The molecular weight excluding hydrogens is 392 g/mol. The molecule has 2 aromatic rings. The molecule has 0 aliphatic carbocycles. The first-order valence-electron chi connectivity index (χ1n) is 7.50. The van der Waals surface area contributed by atoms with Crippen molar-refractivity contribution in [1.29, 1.82) is 0 Å². The number of hydrogen-bond acceptors (Lipinski definition) is 7. The van der Waals surface area contributed by atoms with Crippen LogP contribution in [0, 0.1) is 0 Å². The molecule has 1 aliphatic heterocycles. The first-order chi connectivity index (χ1) is 12.8. The van der Waals surface area contributed by atoms with Gasteiger partial charge in [-0.2, -0.15) is 0 Å². The van der Waals surface area contributed by atoms with E-state index in [9.17, 15) is 24.3 Å². The number of anilines is 1. The number of imide groups is 1. The second-order valence-corrected chi connectivity index (χ2v) is 7.34. The number of aromatic hydroxyl groups is 1. The van der Waals surface area contributed by atoms with Gasteiger partial charge in [-0.1, -0.05) is 6.07 Å². The highest BCUT2D eigenvalue weighted by molar-refractivity contribution is 8.18. The third-order valence-corrected chi connectivity index (χ3v) is 5.23. The molecule has 0 bridgehead atoms. The quantitative estimate of drug-likeness (QED) is 0.517. The number of carboxylic acids is 1. The van der Waals surface area contributed by atoms with Gasteiger partial charge in [-0.25, -0.2) is 4.79 Å². The first kappa shape index (κ1) is 18.7. The molecule has 3 N–H and O–H groups in total. The molecule has 2 heterocycles. The molecular formula is C17H12N2O6S2. The van der Waals surface area contributed by atoms with Gasteiger partial charge in [0.25, 0.3) is 11.1 Å². The van der Waals surface area contributed by atoms with Crippen molar-refractivity contribution in [3.05, 3.63) is 51.1 Å². The Morgan fingerprint density at radius 2 is 2.00 bits per heavy atom. The highest BCUT2D eigenvalue weighted by Crippen LogP contribution is 2.32. The third kappa shape index (κ3) is 4.18. The molecule has 0 unspecified atom stereocenters. The number of carbonyl (C=O) groups excluding carboxylic acids is 3. The van der Waals surface area contributed by atoms with Crippen LogP contribution in [0.25, 0.3) is 6.08 Å². The summed E-state index contributed by atoms with van der Waals surface area (Å²) in [5.74, 6) is -3.03. The number of aromatic carboxylic acids is 1. The molecule has 138 valence electrons. The SMILES string of the molecule is O=C(CN1C(=O)SC(=Cc2cccs2)C1=O)Nc1ccc(O)c(C(=O)O)c1. The van der Waals surface area contributed by atoms with E-state index >= 15 is 0 Å². The monoisotopic (exact) mass is 404 g/mol. The average molecular weight is 404 g/mol. The van der Waals surface area contributed by atoms with Crippen LogP contribution in [0.4, 0.5) is 10.5 Å². The Morgan fingerprint density at radius 1 is 1.22 bits per heavy atom. The fourth-order valence-electron chi connectivity index (χ4n) is 2.27. The molecule has 0 radical (unpaired) electrons. The van der Waals surface area contributed by atoms with E-state index in [0.29, 0.717) is 0 Å². The van der Waals surface area contributed by atoms with Crippen LogP contribution >= 0.6 is 23.1 Å². The Hall–Kier alpha value is -3.11. The zero-order valence-corrected chi connectivity index (χ0v) is 15.2. The molecule has 27 heavy (non-hydrogen) atoms. The van der Waals surface area contributed by atoms with Crippen LogP contribution < -0.4 is 5.32 Å². The van der Waals surface area contributed by atoms with Gasteiger partial charge < -0.3 is 15.5 Å². The lowest BCUT2D eigenvalue weighted by Gasteiger charge is -2.13. The van der Waals surface area contributed by atoms with Crippen molar-refractivity contribution in [2.24, 2.45) is 0 Å². The van der Waals surface area contributed by atoms with Crippen LogP contribution in [-0.2, 0) is 9.59 Å². The fraction of sp³-hybridized carbons (Fsp3) is 0.0588. The molecule has 1 fully saturated rings. The maximum absolute atomic E-state index is 12.3. The van der Waals surface area contributed by atoms with Crippen LogP contribution in [0.15, 0.2) is 40.6 Å². The van der Waals surface area contributed by atoms with Crippen molar-refractivity contribution >= 4 is 57.9 Å². The number of thioether (sulfide) groups is 1. The van der Waals surface area contributed by atoms with Crippen molar-refractivity contribution < 1.29 is 29.4 Å². The van der Waals surface area contributed by atoms with E-state index in [4.69, 9.17) is 5.11 Å². The van der Waals surface area contributed by atoms with Gasteiger partial charge in [0.2, 0.25) is 5.91 Å². The van der Waals surface area contributed by atoms with Gasteiger partial charge >= 0.3 is 5.97 Å². The number of carbonyl (C=O) groups is 4. The summed E-state index contributed by atoms with van der Waals surface area (Å²) in [5.41, 5.74) is -0.255. The minimum absolute atomic E-state index is 0.122. The Balaban J connectivity index is 1.69. The van der Waals surface area contributed by atoms with E-state index in [2.05, 4.69) is 5.32 Å². The predicted octanol–water partition coefficient (Wildman–Crippen LogP) is 2.83. The predicted molar refractivity (Wildman–Crippen MR) is 101 cm³/mol. The summed E-state index contributed by atoms with van der Waals surface area (Å²) in [4.78, 5) is 49.4. The number of carboxylic acid groups (broad SMARTS) is 1. The van der Waals surface area contributed by atoms with Gasteiger partial charge in [-0.3, -0.25) is 19.3 Å². The number of amides is 3. The Labute approximate surface area is 161 Å². The standard InChI is InChI=1S/C17H12N2O6S2/c20-12-4-3-9(6-11(12)16(23)24)18-14(21)8-19-15(22)13(27-17(19)25)7-10-2-1-5-26-10/h1-7,20H,8H2,(H,18,21)(H,23,24). The topological polar surface area (TPSA) is 124 Å². The molecule has 3 rings (SSSR count). The molecule has 8 nitrogen and oxygen atoms in total. The van der Waals surface area contributed by atoms with Gasteiger partial charge in [0.15, 0.2) is 0 Å². The van der Waals surface area contributed by atoms with Gasteiger partial charge in [-0.05, 0) is 47.5 Å². The van der Waals surface area contributed by atoms with Crippen molar-refractivity contribution in [2.45, 2.75) is 0 Å². The summed E-state index contributed by atoms with van der Waals surface area (Å²) in [6, 6.07) is 7.14. The van der Waals surface area contributed by atoms with Gasteiger partial charge in [0, 0.05) is 10.6 Å². The number of nitrogens with zero attached hydrogens (tertiary/aromatic N) is 1. The molecule has 0 saturated carbocycles. The van der Waals surface area contributed by atoms with Crippen molar-refractivity contribution in [3.63, 3.8) is 0 Å². The summed E-state index contributed by atoms with van der Waals surface area (Å²) in [7, 11) is 0. The number of rotatable bonds is 5. The van der Waals surface area contributed by atoms with Crippen LogP contribution in [-0.4, -0.2) is 44.7 Å². The summed E-state index contributed by atoms with van der Waals surface area (Å²) < 4.78 is 0. The lowest BCUT2D eigenvalue weighted by Crippen LogP contribution is -2.36. The van der Waals surface area contributed by atoms with Crippen LogP contribution in [0.3, 0.4) is 0 Å². The van der Waals surface area contributed by atoms with Gasteiger partial charge in [0.1, 0.15) is 17.9 Å². The van der Waals surface area contributed by atoms with E-state index in [1.807, 2.05) is 11.4 Å². The van der Waals surface area contributed by atoms with E-state index in [0.717, 1.165) is 33.7 Å². The number of nitrogens with one attached hydrogen (secondary N) is 1. The van der Waals surface area contributed by atoms with Crippen molar-refractivity contribution in [1.82, 2.24) is 4.90 Å². The minimum Gasteiger partial charge on any atom is -0.507 e. The summed E-state index contributed by atoms with van der Waals surface area (Å²) in [6.45, 7) is -0.504. The average Bonchev–Trinajstić information content (AvgIpc) is 3.21. The van der Waals surface area contributed by atoms with E-state index in [1.54, 1.807) is 12.1 Å². The van der Waals surface area contributed by atoms with Gasteiger partial charge in [-0.15, -0.1) is 11.3 Å². The second-order valence-electron chi connectivity index (χ2n) is 5.37. The first-order valence-corrected chi connectivity index (χ1v) is 9.20. The van der Waals surface area contributed by atoms with Crippen LogP contribution in [0.2, 0.25) is 0 Å². The molecule has 1 aliphatic rings. The van der Waals surface area contributed by atoms with Gasteiger partial charge in [0.05, 0.1) is 4.91 Å². The Kier molecular flexibility index (Phi) is 5.28. The molecule has 1 saturated heterocycles. The smallest absolute Gasteiger partial charge is 0.339 e. The molecule has 3 amide bonds. The third-order valence-electron chi connectivity index (χ3n) is 3.50. The molecule has 1 aromatic carbocycles.